The maximum absolute atomic E-state index is 5.27. The molecule has 0 saturated heterocycles. The Balaban J connectivity index is 2.47. The third-order valence-electron chi connectivity index (χ3n) is 2.66. The molecule has 1 heterocycles. The normalized spacial score (nSPS) is 14.9. The molecular formula is C12H20N2O. The third kappa shape index (κ3) is 4.40. The monoisotopic (exact) mass is 208 g/mol. The zero-order chi connectivity index (χ0) is 11.1. The number of pyridine rings is 1. The molecule has 0 aliphatic rings. The Bertz CT molecular complexity index is 264. The van der Waals surface area contributed by atoms with Crippen molar-refractivity contribution in [2.24, 2.45) is 0 Å². The van der Waals surface area contributed by atoms with Gasteiger partial charge >= 0.3 is 0 Å². The molecule has 3 nitrogen and oxygen atoms in total. The fraction of sp³-hybridized carbons (Fsp3) is 0.583. The summed E-state index contributed by atoms with van der Waals surface area (Å²) in [5, 5.41) is 3.32. The summed E-state index contributed by atoms with van der Waals surface area (Å²) in [4.78, 5) is 4.01. The topological polar surface area (TPSA) is 34.2 Å². The van der Waals surface area contributed by atoms with Gasteiger partial charge in [0.05, 0.1) is 6.10 Å². The van der Waals surface area contributed by atoms with Crippen molar-refractivity contribution in [3.63, 3.8) is 0 Å². The average molecular weight is 208 g/mol. The molecule has 1 rings (SSSR count). The summed E-state index contributed by atoms with van der Waals surface area (Å²) in [7, 11) is 3.75. The Hall–Kier alpha value is -0.930. The fourth-order valence-electron chi connectivity index (χ4n) is 1.60. The predicted molar refractivity (Wildman–Crippen MR) is 61.9 cm³/mol. The van der Waals surface area contributed by atoms with Crippen LogP contribution in [-0.4, -0.2) is 31.3 Å². The Morgan fingerprint density at radius 3 is 2.60 bits per heavy atom. The molecule has 1 aromatic heterocycles. The SMILES string of the molecule is CNC(Cc1ccncc1)CC(C)OC. The highest BCUT2D eigenvalue weighted by Gasteiger charge is 2.11. The molecule has 2 atom stereocenters. The molecule has 0 spiro atoms. The summed E-state index contributed by atoms with van der Waals surface area (Å²) in [5.74, 6) is 0. The van der Waals surface area contributed by atoms with Gasteiger partial charge in [-0.2, -0.15) is 0 Å². The fourth-order valence-corrected chi connectivity index (χ4v) is 1.60. The third-order valence-corrected chi connectivity index (χ3v) is 2.66. The van der Waals surface area contributed by atoms with Crippen LogP contribution in [0.15, 0.2) is 24.5 Å². The number of methoxy groups -OCH3 is 1. The highest BCUT2D eigenvalue weighted by Crippen LogP contribution is 2.08. The average Bonchev–Trinajstić information content (AvgIpc) is 2.29. The summed E-state index contributed by atoms with van der Waals surface area (Å²) in [6.07, 6.45) is 6.01. The highest BCUT2D eigenvalue weighted by atomic mass is 16.5. The number of likely N-dealkylation sites (N-methyl/N-ethyl adjacent to an activating group) is 1. The van der Waals surface area contributed by atoms with Crippen molar-refractivity contribution in [1.82, 2.24) is 10.3 Å². The standard InChI is InChI=1S/C12H20N2O/c1-10(15-3)8-12(13-2)9-11-4-6-14-7-5-11/h4-7,10,12-13H,8-9H2,1-3H3. The minimum Gasteiger partial charge on any atom is -0.382 e. The van der Waals surface area contributed by atoms with Gasteiger partial charge in [-0.15, -0.1) is 0 Å². The quantitative estimate of drug-likeness (QED) is 0.771. The van der Waals surface area contributed by atoms with Crippen LogP contribution >= 0.6 is 0 Å². The first-order valence-corrected chi connectivity index (χ1v) is 5.35. The molecule has 1 aromatic rings. The van der Waals surface area contributed by atoms with Crippen LogP contribution in [0.3, 0.4) is 0 Å². The molecule has 0 saturated carbocycles. The van der Waals surface area contributed by atoms with E-state index in [2.05, 4.69) is 29.4 Å². The van der Waals surface area contributed by atoms with Crippen LogP contribution < -0.4 is 5.32 Å². The number of ether oxygens (including phenoxy) is 1. The van der Waals surface area contributed by atoms with Crippen molar-refractivity contribution in [1.29, 1.82) is 0 Å². The lowest BCUT2D eigenvalue weighted by Crippen LogP contribution is -2.31. The lowest BCUT2D eigenvalue weighted by Gasteiger charge is -2.19. The zero-order valence-corrected chi connectivity index (χ0v) is 9.73. The minimum atomic E-state index is 0.296. The van der Waals surface area contributed by atoms with Gasteiger partial charge in [-0.25, -0.2) is 0 Å². The molecule has 3 heteroatoms. The molecule has 0 amide bonds. The first-order valence-electron chi connectivity index (χ1n) is 5.35. The number of hydrogen-bond donors (Lipinski definition) is 1. The van der Waals surface area contributed by atoms with E-state index in [1.807, 2.05) is 19.4 Å². The van der Waals surface area contributed by atoms with Gasteiger partial charge in [0.1, 0.15) is 0 Å². The molecule has 0 bridgehead atoms. The van der Waals surface area contributed by atoms with Crippen LogP contribution in [0.2, 0.25) is 0 Å². The molecule has 84 valence electrons. The van der Waals surface area contributed by atoms with Crippen LogP contribution in [0.4, 0.5) is 0 Å². The van der Waals surface area contributed by atoms with Gasteiger partial charge in [-0.3, -0.25) is 4.98 Å². The Morgan fingerprint density at radius 2 is 2.07 bits per heavy atom. The van der Waals surface area contributed by atoms with Crippen molar-refractivity contribution in [3.05, 3.63) is 30.1 Å². The van der Waals surface area contributed by atoms with E-state index in [9.17, 15) is 0 Å². The van der Waals surface area contributed by atoms with E-state index in [1.165, 1.54) is 5.56 Å². The largest absolute Gasteiger partial charge is 0.382 e. The smallest absolute Gasteiger partial charge is 0.0558 e. The van der Waals surface area contributed by atoms with Crippen LogP contribution in [0.5, 0.6) is 0 Å². The van der Waals surface area contributed by atoms with E-state index >= 15 is 0 Å². The van der Waals surface area contributed by atoms with Crippen molar-refractivity contribution < 1.29 is 4.74 Å². The molecule has 2 unspecified atom stereocenters. The number of hydrogen-bond acceptors (Lipinski definition) is 3. The van der Waals surface area contributed by atoms with E-state index in [0.29, 0.717) is 12.1 Å². The lowest BCUT2D eigenvalue weighted by molar-refractivity contribution is 0.101. The molecule has 1 N–H and O–H groups in total. The van der Waals surface area contributed by atoms with E-state index < -0.39 is 0 Å². The second-order valence-corrected chi connectivity index (χ2v) is 3.83. The Morgan fingerprint density at radius 1 is 1.40 bits per heavy atom. The molecular weight excluding hydrogens is 188 g/mol. The van der Waals surface area contributed by atoms with Crippen molar-refractivity contribution in [2.75, 3.05) is 14.2 Å². The van der Waals surface area contributed by atoms with E-state index in [1.54, 1.807) is 7.11 Å². The van der Waals surface area contributed by atoms with E-state index in [0.717, 1.165) is 12.8 Å². The van der Waals surface area contributed by atoms with Crippen molar-refractivity contribution in [2.45, 2.75) is 31.9 Å². The minimum absolute atomic E-state index is 0.296. The maximum Gasteiger partial charge on any atom is 0.0558 e. The van der Waals surface area contributed by atoms with E-state index in [-0.39, 0.29) is 0 Å². The molecule has 0 fully saturated rings. The van der Waals surface area contributed by atoms with Crippen LogP contribution in [0, 0.1) is 0 Å². The predicted octanol–water partition coefficient (Wildman–Crippen LogP) is 1.64. The van der Waals surface area contributed by atoms with Gasteiger partial charge in [0.15, 0.2) is 0 Å². The summed E-state index contributed by atoms with van der Waals surface area (Å²) in [6.45, 7) is 2.09. The molecule has 0 aromatic carbocycles. The molecule has 0 aliphatic carbocycles. The molecule has 0 aliphatic heterocycles. The summed E-state index contributed by atoms with van der Waals surface area (Å²) in [5.41, 5.74) is 1.31. The summed E-state index contributed by atoms with van der Waals surface area (Å²) >= 11 is 0. The number of nitrogens with zero attached hydrogens (tertiary/aromatic N) is 1. The van der Waals surface area contributed by atoms with Crippen LogP contribution in [0.1, 0.15) is 18.9 Å². The van der Waals surface area contributed by atoms with Gasteiger partial charge in [0.25, 0.3) is 0 Å². The Labute approximate surface area is 91.9 Å². The number of aromatic nitrogens is 1. The molecule has 15 heavy (non-hydrogen) atoms. The van der Waals surface area contributed by atoms with E-state index in [4.69, 9.17) is 4.74 Å². The zero-order valence-electron chi connectivity index (χ0n) is 9.73. The first kappa shape index (κ1) is 12.1. The summed E-state index contributed by atoms with van der Waals surface area (Å²) in [6, 6.07) is 4.58. The van der Waals surface area contributed by atoms with Crippen molar-refractivity contribution >= 4 is 0 Å². The second-order valence-electron chi connectivity index (χ2n) is 3.83. The number of nitrogens with one attached hydrogen (secondary N) is 1. The van der Waals surface area contributed by atoms with Gasteiger partial charge in [0, 0.05) is 25.5 Å². The van der Waals surface area contributed by atoms with Gasteiger partial charge in [-0.05, 0) is 44.5 Å². The summed E-state index contributed by atoms with van der Waals surface area (Å²) < 4.78 is 5.27. The van der Waals surface area contributed by atoms with Crippen LogP contribution in [0.25, 0.3) is 0 Å². The number of rotatable bonds is 6. The molecule has 0 radical (unpaired) electrons. The highest BCUT2D eigenvalue weighted by molar-refractivity contribution is 5.11. The van der Waals surface area contributed by atoms with Gasteiger partial charge in [0.2, 0.25) is 0 Å². The van der Waals surface area contributed by atoms with Crippen LogP contribution in [-0.2, 0) is 11.2 Å². The first-order chi connectivity index (χ1) is 7.26. The van der Waals surface area contributed by atoms with Gasteiger partial charge in [-0.1, -0.05) is 0 Å². The second kappa shape index (κ2) is 6.53. The van der Waals surface area contributed by atoms with Gasteiger partial charge < -0.3 is 10.1 Å². The Kier molecular flexibility index (Phi) is 5.29. The van der Waals surface area contributed by atoms with Crippen molar-refractivity contribution in [3.8, 4) is 0 Å². The lowest BCUT2D eigenvalue weighted by atomic mass is 10.0. The maximum atomic E-state index is 5.27.